The van der Waals surface area contributed by atoms with Gasteiger partial charge in [0.1, 0.15) is 5.75 Å². The molecule has 0 aliphatic carbocycles. The first-order chi connectivity index (χ1) is 13.6. The number of carbonyl (C=O) groups excluding carboxylic acids is 2. The molecular weight excluding hydrogens is 358 g/mol. The molecule has 1 amide bonds. The standard InChI is InChI=1S/C22H25NO5/c1-26-18-7-4-15(5-8-18)21(24)16-10-12-23(13-11-16)22(25)17-6-9-19(27-2)20(14-17)28-3/h4-9,14,16H,10-13H2,1-3H3. The fraction of sp³-hybridized carbons (Fsp3) is 0.364. The van der Waals surface area contributed by atoms with Gasteiger partial charge in [-0.15, -0.1) is 0 Å². The Hall–Kier alpha value is -3.02. The molecule has 0 radical (unpaired) electrons. The summed E-state index contributed by atoms with van der Waals surface area (Å²) in [5, 5.41) is 0. The number of ether oxygens (including phenoxy) is 3. The minimum absolute atomic E-state index is 0.0590. The molecule has 2 aromatic rings. The van der Waals surface area contributed by atoms with E-state index in [1.165, 1.54) is 0 Å². The van der Waals surface area contributed by atoms with E-state index in [9.17, 15) is 9.59 Å². The maximum atomic E-state index is 12.8. The van der Waals surface area contributed by atoms with Gasteiger partial charge in [0.25, 0.3) is 5.91 Å². The second kappa shape index (κ2) is 8.78. The first-order valence-corrected chi connectivity index (χ1v) is 9.27. The zero-order valence-corrected chi connectivity index (χ0v) is 16.4. The SMILES string of the molecule is COc1ccc(C(=O)C2CCN(C(=O)c3ccc(OC)c(OC)c3)CC2)cc1. The van der Waals surface area contributed by atoms with E-state index in [1.807, 2.05) is 0 Å². The summed E-state index contributed by atoms with van der Waals surface area (Å²) in [6.45, 7) is 1.11. The number of hydrogen-bond acceptors (Lipinski definition) is 5. The van der Waals surface area contributed by atoms with Crippen molar-refractivity contribution in [3.05, 3.63) is 53.6 Å². The van der Waals surface area contributed by atoms with Gasteiger partial charge in [0.05, 0.1) is 21.3 Å². The molecule has 1 fully saturated rings. The van der Waals surface area contributed by atoms with Crippen molar-refractivity contribution >= 4 is 11.7 Å². The number of hydrogen-bond donors (Lipinski definition) is 0. The van der Waals surface area contributed by atoms with Crippen LogP contribution in [0.4, 0.5) is 0 Å². The van der Waals surface area contributed by atoms with Crippen LogP contribution in [0, 0.1) is 5.92 Å². The fourth-order valence-electron chi connectivity index (χ4n) is 3.49. The third kappa shape index (κ3) is 4.11. The highest BCUT2D eigenvalue weighted by molar-refractivity contribution is 5.98. The molecule has 0 aromatic heterocycles. The molecule has 148 valence electrons. The van der Waals surface area contributed by atoms with E-state index in [1.54, 1.807) is 68.7 Å². The molecular formula is C22H25NO5. The Kier molecular flexibility index (Phi) is 6.19. The largest absolute Gasteiger partial charge is 0.497 e. The molecule has 28 heavy (non-hydrogen) atoms. The Balaban J connectivity index is 1.63. The van der Waals surface area contributed by atoms with Crippen molar-refractivity contribution in [1.29, 1.82) is 0 Å². The Morgan fingerprint density at radius 3 is 2.00 bits per heavy atom. The maximum Gasteiger partial charge on any atom is 0.253 e. The number of carbonyl (C=O) groups is 2. The first-order valence-electron chi connectivity index (χ1n) is 9.27. The van der Waals surface area contributed by atoms with Gasteiger partial charge >= 0.3 is 0 Å². The number of nitrogens with zero attached hydrogens (tertiary/aromatic N) is 1. The lowest BCUT2D eigenvalue weighted by Gasteiger charge is -2.31. The third-order valence-corrected chi connectivity index (χ3v) is 5.16. The zero-order valence-electron chi connectivity index (χ0n) is 16.4. The van der Waals surface area contributed by atoms with Crippen LogP contribution in [-0.4, -0.2) is 51.0 Å². The van der Waals surface area contributed by atoms with Crippen molar-refractivity contribution in [3.8, 4) is 17.2 Å². The van der Waals surface area contributed by atoms with Crippen LogP contribution in [0.15, 0.2) is 42.5 Å². The molecule has 0 atom stereocenters. The van der Waals surface area contributed by atoms with Crippen molar-refractivity contribution < 1.29 is 23.8 Å². The number of ketones is 1. The molecule has 1 saturated heterocycles. The van der Waals surface area contributed by atoms with Crippen molar-refractivity contribution in [2.75, 3.05) is 34.4 Å². The molecule has 0 N–H and O–H groups in total. The van der Waals surface area contributed by atoms with Crippen LogP contribution in [0.2, 0.25) is 0 Å². The summed E-state index contributed by atoms with van der Waals surface area (Å²) in [5.41, 5.74) is 1.24. The summed E-state index contributed by atoms with van der Waals surface area (Å²) in [5.74, 6) is 1.84. The predicted molar refractivity (Wildman–Crippen MR) is 105 cm³/mol. The third-order valence-electron chi connectivity index (χ3n) is 5.16. The highest BCUT2D eigenvalue weighted by atomic mass is 16.5. The summed E-state index contributed by atoms with van der Waals surface area (Å²) in [4.78, 5) is 27.3. The van der Waals surface area contributed by atoms with Gasteiger partial charge in [-0.1, -0.05) is 0 Å². The Bertz CT molecular complexity index is 839. The van der Waals surface area contributed by atoms with Crippen LogP contribution in [0.25, 0.3) is 0 Å². The van der Waals surface area contributed by atoms with Crippen molar-refractivity contribution in [2.45, 2.75) is 12.8 Å². The average Bonchev–Trinajstić information content (AvgIpc) is 2.77. The monoisotopic (exact) mass is 383 g/mol. The van der Waals surface area contributed by atoms with Crippen LogP contribution >= 0.6 is 0 Å². The summed E-state index contributed by atoms with van der Waals surface area (Å²) < 4.78 is 15.6. The quantitative estimate of drug-likeness (QED) is 0.715. The van der Waals surface area contributed by atoms with Crippen LogP contribution in [0.1, 0.15) is 33.6 Å². The maximum absolute atomic E-state index is 12.8. The first kappa shape index (κ1) is 19.7. The highest BCUT2D eigenvalue weighted by Gasteiger charge is 2.28. The van der Waals surface area contributed by atoms with E-state index >= 15 is 0 Å². The Labute approximate surface area is 165 Å². The summed E-state index contributed by atoms with van der Waals surface area (Å²) in [7, 11) is 4.70. The lowest BCUT2D eigenvalue weighted by atomic mass is 9.88. The van der Waals surface area contributed by atoms with Gasteiger partial charge in [0.2, 0.25) is 0 Å². The van der Waals surface area contributed by atoms with Crippen LogP contribution in [0.5, 0.6) is 17.2 Å². The van der Waals surface area contributed by atoms with E-state index in [0.717, 1.165) is 5.75 Å². The minimum Gasteiger partial charge on any atom is -0.497 e. The van der Waals surface area contributed by atoms with Crippen LogP contribution in [0.3, 0.4) is 0 Å². The summed E-state index contributed by atoms with van der Waals surface area (Å²) in [6, 6.07) is 12.3. The van der Waals surface area contributed by atoms with Crippen molar-refractivity contribution in [2.24, 2.45) is 5.92 Å². The highest BCUT2D eigenvalue weighted by Crippen LogP contribution is 2.29. The molecule has 0 spiro atoms. The zero-order chi connectivity index (χ0) is 20.1. The molecule has 6 nitrogen and oxygen atoms in total. The van der Waals surface area contributed by atoms with Gasteiger partial charge in [-0.05, 0) is 55.3 Å². The van der Waals surface area contributed by atoms with E-state index in [-0.39, 0.29) is 17.6 Å². The summed E-state index contributed by atoms with van der Waals surface area (Å²) >= 11 is 0. The number of benzene rings is 2. The molecule has 0 bridgehead atoms. The Morgan fingerprint density at radius 2 is 1.43 bits per heavy atom. The fourth-order valence-corrected chi connectivity index (χ4v) is 3.49. The van der Waals surface area contributed by atoms with E-state index in [2.05, 4.69) is 0 Å². The lowest BCUT2D eigenvalue weighted by molar-refractivity contribution is 0.0650. The molecule has 3 rings (SSSR count). The number of methoxy groups -OCH3 is 3. The number of piperidine rings is 1. The van der Waals surface area contributed by atoms with Crippen molar-refractivity contribution in [3.63, 3.8) is 0 Å². The van der Waals surface area contributed by atoms with Gasteiger partial charge in [0.15, 0.2) is 17.3 Å². The molecule has 2 aromatic carbocycles. The van der Waals surface area contributed by atoms with E-state index in [0.29, 0.717) is 48.6 Å². The number of amides is 1. The minimum atomic E-state index is -0.0668. The topological polar surface area (TPSA) is 65.1 Å². The van der Waals surface area contributed by atoms with Gasteiger partial charge in [-0.25, -0.2) is 0 Å². The summed E-state index contributed by atoms with van der Waals surface area (Å²) in [6.07, 6.45) is 1.31. The van der Waals surface area contributed by atoms with E-state index in [4.69, 9.17) is 14.2 Å². The number of likely N-dealkylation sites (tertiary alicyclic amines) is 1. The van der Waals surface area contributed by atoms with Gasteiger partial charge in [-0.2, -0.15) is 0 Å². The molecule has 1 aliphatic heterocycles. The van der Waals surface area contributed by atoms with Crippen molar-refractivity contribution in [1.82, 2.24) is 4.90 Å². The molecule has 1 heterocycles. The van der Waals surface area contributed by atoms with Crippen LogP contribution < -0.4 is 14.2 Å². The number of rotatable bonds is 6. The van der Waals surface area contributed by atoms with E-state index < -0.39 is 0 Å². The van der Waals surface area contributed by atoms with Gasteiger partial charge in [0, 0.05) is 30.1 Å². The number of Topliss-reactive ketones (excluding diaryl/α,β-unsaturated/α-hetero) is 1. The van der Waals surface area contributed by atoms with Crippen LogP contribution in [-0.2, 0) is 0 Å². The lowest BCUT2D eigenvalue weighted by Crippen LogP contribution is -2.40. The van der Waals surface area contributed by atoms with Gasteiger partial charge in [-0.3, -0.25) is 9.59 Å². The molecule has 0 unspecified atom stereocenters. The normalized spacial score (nSPS) is 14.5. The smallest absolute Gasteiger partial charge is 0.253 e. The predicted octanol–water partition coefficient (Wildman–Crippen LogP) is 3.45. The second-order valence-corrected chi connectivity index (χ2v) is 6.73. The average molecular weight is 383 g/mol. The second-order valence-electron chi connectivity index (χ2n) is 6.73. The molecule has 6 heteroatoms. The molecule has 1 aliphatic rings. The molecule has 0 saturated carbocycles. The Morgan fingerprint density at radius 1 is 0.821 bits per heavy atom. The van der Waals surface area contributed by atoms with Gasteiger partial charge < -0.3 is 19.1 Å².